The molecule has 0 fully saturated rings. The number of hydrogen-bond acceptors (Lipinski definition) is 3. The quantitative estimate of drug-likeness (QED) is 0.571. The minimum atomic E-state index is -0.103. The fourth-order valence-electron chi connectivity index (χ4n) is 2.68. The van der Waals surface area contributed by atoms with Gasteiger partial charge in [0.1, 0.15) is 12.4 Å². The molecule has 3 aromatic rings. The molecule has 0 aliphatic carbocycles. The Morgan fingerprint density at radius 2 is 1.81 bits per heavy atom. The number of carbonyl (C=O) groups excluding carboxylic acids is 1. The third-order valence-corrected chi connectivity index (χ3v) is 5.29. The summed E-state index contributed by atoms with van der Waals surface area (Å²) in [6.07, 6.45) is 0. The van der Waals surface area contributed by atoms with E-state index < -0.39 is 0 Å². The van der Waals surface area contributed by atoms with Crippen molar-refractivity contribution in [1.29, 1.82) is 0 Å². The molecule has 0 saturated heterocycles. The van der Waals surface area contributed by atoms with Gasteiger partial charge in [-0.2, -0.15) is 0 Å². The minimum Gasteiger partial charge on any atom is -0.489 e. The van der Waals surface area contributed by atoms with Crippen LogP contribution in [0.15, 0.2) is 47.8 Å². The second kappa shape index (κ2) is 7.94. The summed E-state index contributed by atoms with van der Waals surface area (Å²) >= 11 is 7.44. The largest absolute Gasteiger partial charge is 0.489 e. The molecular weight excluding hydrogens is 366 g/mol. The normalized spacial score (nSPS) is 10.6. The van der Waals surface area contributed by atoms with E-state index in [1.54, 1.807) is 0 Å². The zero-order chi connectivity index (χ0) is 18.7. The van der Waals surface area contributed by atoms with Crippen molar-refractivity contribution in [1.82, 2.24) is 0 Å². The first-order valence-corrected chi connectivity index (χ1v) is 9.52. The van der Waals surface area contributed by atoms with E-state index in [9.17, 15) is 4.79 Å². The third-order valence-electron chi connectivity index (χ3n) is 3.89. The maximum atomic E-state index is 12.5. The number of aryl methyl sites for hydroxylation is 3. The molecule has 0 saturated carbocycles. The van der Waals surface area contributed by atoms with Crippen molar-refractivity contribution < 1.29 is 9.53 Å². The molecular formula is C21H20ClNO2S. The second-order valence-corrected chi connectivity index (χ2v) is 7.67. The highest BCUT2D eigenvalue weighted by Gasteiger charge is 2.11. The average molecular weight is 386 g/mol. The van der Waals surface area contributed by atoms with E-state index in [1.165, 1.54) is 11.3 Å². The van der Waals surface area contributed by atoms with Crippen LogP contribution in [0.4, 0.5) is 5.69 Å². The van der Waals surface area contributed by atoms with Crippen LogP contribution in [0.1, 0.15) is 31.9 Å². The number of hydrogen-bond donors (Lipinski definition) is 1. The number of nitrogens with one attached hydrogen (secondary N) is 1. The fourth-order valence-corrected chi connectivity index (χ4v) is 3.59. The summed E-state index contributed by atoms with van der Waals surface area (Å²) in [6, 6.07) is 13.4. The number of benzene rings is 2. The Labute approximate surface area is 162 Å². The van der Waals surface area contributed by atoms with Crippen molar-refractivity contribution >= 4 is 34.5 Å². The van der Waals surface area contributed by atoms with E-state index in [0.717, 1.165) is 38.7 Å². The molecule has 0 unspecified atom stereocenters. The highest BCUT2D eigenvalue weighted by molar-refractivity contribution is 7.12. The van der Waals surface area contributed by atoms with Crippen molar-refractivity contribution in [3.05, 3.63) is 80.0 Å². The van der Waals surface area contributed by atoms with Crippen LogP contribution in [0.3, 0.4) is 0 Å². The lowest BCUT2D eigenvalue weighted by Gasteiger charge is -2.07. The Balaban J connectivity index is 1.63. The van der Waals surface area contributed by atoms with Gasteiger partial charge in [0.05, 0.1) is 4.88 Å². The summed E-state index contributed by atoms with van der Waals surface area (Å²) in [7, 11) is 0. The molecule has 0 spiro atoms. The molecule has 5 heteroatoms. The molecule has 26 heavy (non-hydrogen) atoms. The van der Waals surface area contributed by atoms with Gasteiger partial charge in [-0.3, -0.25) is 4.79 Å². The summed E-state index contributed by atoms with van der Waals surface area (Å²) < 4.78 is 5.79. The molecule has 0 aliphatic rings. The lowest BCUT2D eigenvalue weighted by atomic mass is 10.1. The van der Waals surface area contributed by atoms with Gasteiger partial charge in [-0.1, -0.05) is 17.7 Å². The molecule has 0 bridgehead atoms. The first-order valence-electron chi connectivity index (χ1n) is 8.27. The number of rotatable bonds is 5. The standard InChI is InChI=1S/C21H20ClNO2S/c1-13-6-14(2)8-17(7-13)23-21(24)20-10-16(12-26-20)11-25-18-4-5-19(22)15(3)9-18/h4-10,12H,11H2,1-3H3,(H,23,24). The Morgan fingerprint density at radius 3 is 2.50 bits per heavy atom. The Kier molecular flexibility index (Phi) is 5.64. The van der Waals surface area contributed by atoms with Gasteiger partial charge in [-0.05, 0) is 79.2 Å². The first kappa shape index (κ1) is 18.5. The van der Waals surface area contributed by atoms with Gasteiger partial charge in [-0.25, -0.2) is 0 Å². The summed E-state index contributed by atoms with van der Waals surface area (Å²) in [4.78, 5) is 13.1. The number of halogens is 1. The second-order valence-electron chi connectivity index (χ2n) is 6.35. The predicted octanol–water partition coefficient (Wildman–Crippen LogP) is 6.16. The molecule has 1 amide bonds. The third kappa shape index (κ3) is 4.65. The highest BCUT2D eigenvalue weighted by Crippen LogP contribution is 2.23. The van der Waals surface area contributed by atoms with Gasteiger partial charge in [0.25, 0.3) is 5.91 Å². The van der Waals surface area contributed by atoms with Gasteiger partial charge < -0.3 is 10.1 Å². The summed E-state index contributed by atoms with van der Waals surface area (Å²) in [5, 5.41) is 5.62. The van der Waals surface area contributed by atoms with E-state index in [4.69, 9.17) is 16.3 Å². The van der Waals surface area contributed by atoms with Gasteiger partial charge >= 0.3 is 0 Å². The smallest absolute Gasteiger partial charge is 0.265 e. The number of ether oxygens (including phenoxy) is 1. The number of carbonyl (C=O) groups is 1. The van der Waals surface area contributed by atoms with Crippen molar-refractivity contribution in [2.24, 2.45) is 0 Å². The van der Waals surface area contributed by atoms with Crippen LogP contribution in [0.5, 0.6) is 5.75 Å². The molecule has 2 aromatic carbocycles. The van der Waals surface area contributed by atoms with Gasteiger partial charge in [0, 0.05) is 16.3 Å². The zero-order valence-electron chi connectivity index (χ0n) is 14.9. The summed E-state index contributed by atoms with van der Waals surface area (Å²) in [5.74, 6) is 0.660. The van der Waals surface area contributed by atoms with E-state index in [2.05, 4.69) is 11.4 Å². The van der Waals surface area contributed by atoms with Crippen LogP contribution in [0, 0.1) is 20.8 Å². The molecule has 1 heterocycles. The van der Waals surface area contributed by atoms with Crippen molar-refractivity contribution in [2.45, 2.75) is 27.4 Å². The van der Waals surface area contributed by atoms with Crippen LogP contribution in [0.25, 0.3) is 0 Å². The van der Waals surface area contributed by atoms with E-state index in [0.29, 0.717) is 11.5 Å². The Bertz CT molecular complexity index is 929. The summed E-state index contributed by atoms with van der Waals surface area (Å²) in [6.45, 7) is 6.38. The molecule has 1 aromatic heterocycles. The molecule has 3 nitrogen and oxygen atoms in total. The van der Waals surface area contributed by atoms with Crippen LogP contribution in [-0.2, 0) is 6.61 Å². The lowest BCUT2D eigenvalue weighted by Crippen LogP contribution is -2.10. The fraction of sp³-hybridized carbons (Fsp3) is 0.190. The molecule has 0 atom stereocenters. The monoisotopic (exact) mass is 385 g/mol. The van der Waals surface area contributed by atoms with Gasteiger partial charge in [0.15, 0.2) is 0 Å². The predicted molar refractivity (Wildman–Crippen MR) is 109 cm³/mol. The molecule has 134 valence electrons. The maximum absolute atomic E-state index is 12.5. The Hall–Kier alpha value is -2.30. The number of thiophene rings is 1. The molecule has 1 N–H and O–H groups in total. The Morgan fingerprint density at radius 1 is 1.08 bits per heavy atom. The van der Waals surface area contributed by atoms with Crippen LogP contribution in [-0.4, -0.2) is 5.91 Å². The highest BCUT2D eigenvalue weighted by atomic mass is 35.5. The van der Waals surface area contributed by atoms with Crippen LogP contribution in [0.2, 0.25) is 5.02 Å². The first-order chi connectivity index (χ1) is 12.4. The van der Waals surface area contributed by atoms with Crippen molar-refractivity contribution in [3.63, 3.8) is 0 Å². The van der Waals surface area contributed by atoms with Gasteiger partial charge in [0.2, 0.25) is 0 Å². The number of amides is 1. The average Bonchev–Trinajstić information content (AvgIpc) is 3.04. The SMILES string of the molecule is Cc1cc(C)cc(NC(=O)c2cc(COc3ccc(Cl)c(C)c3)cs2)c1. The topological polar surface area (TPSA) is 38.3 Å². The van der Waals surface area contributed by atoms with Crippen LogP contribution < -0.4 is 10.1 Å². The molecule has 3 rings (SSSR count). The zero-order valence-corrected chi connectivity index (χ0v) is 16.5. The lowest BCUT2D eigenvalue weighted by molar-refractivity contribution is 0.103. The molecule has 0 radical (unpaired) electrons. The van der Waals surface area contributed by atoms with Crippen LogP contribution >= 0.6 is 22.9 Å². The van der Waals surface area contributed by atoms with Crippen molar-refractivity contribution in [2.75, 3.05) is 5.32 Å². The van der Waals surface area contributed by atoms with E-state index >= 15 is 0 Å². The minimum absolute atomic E-state index is 0.103. The van der Waals surface area contributed by atoms with E-state index in [1.807, 2.05) is 62.5 Å². The summed E-state index contributed by atoms with van der Waals surface area (Å²) in [5.41, 5.74) is 5.00. The maximum Gasteiger partial charge on any atom is 0.265 e. The van der Waals surface area contributed by atoms with Crippen molar-refractivity contribution in [3.8, 4) is 5.75 Å². The van der Waals surface area contributed by atoms with Gasteiger partial charge in [-0.15, -0.1) is 11.3 Å². The number of anilines is 1. The van der Waals surface area contributed by atoms with E-state index in [-0.39, 0.29) is 5.91 Å². The molecule has 0 aliphatic heterocycles.